The Morgan fingerprint density at radius 2 is 1.39 bits per heavy atom. The first-order valence-electron chi connectivity index (χ1n) is 11.4. The van der Waals surface area contributed by atoms with Gasteiger partial charge in [0.2, 0.25) is 0 Å². The second kappa shape index (κ2) is 13.5. The molecule has 31 heavy (non-hydrogen) atoms. The quantitative estimate of drug-likeness (QED) is 0.185. The SMILES string of the molecule is CCCCOc1cc(/C=C/C(=O)c2ccc(OCCC)cc2)cc(OCCCC)c1C. The number of allylic oxidation sites excluding steroid dienone is 1. The standard InChI is InChI=1S/C27H36O4/c1-5-8-17-30-26-19-22(20-27(21(26)4)31-18-9-6-2)10-15-25(28)23-11-13-24(14-12-23)29-16-7-3/h10-15,19-20H,5-9,16-18H2,1-4H3/b15-10+. The van der Waals surface area contributed by atoms with E-state index in [9.17, 15) is 4.79 Å². The third kappa shape index (κ3) is 8.12. The minimum absolute atomic E-state index is 0.0514. The highest BCUT2D eigenvalue weighted by atomic mass is 16.5. The van der Waals surface area contributed by atoms with Gasteiger partial charge in [0.05, 0.1) is 19.8 Å². The van der Waals surface area contributed by atoms with Gasteiger partial charge in [-0.2, -0.15) is 0 Å². The van der Waals surface area contributed by atoms with Crippen LogP contribution in [0.15, 0.2) is 42.5 Å². The van der Waals surface area contributed by atoms with Crippen molar-refractivity contribution in [1.82, 2.24) is 0 Å². The molecule has 0 aliphatic carbocycles. The molecule has 0 aliphatic heterocycles. The van der Waals surface area contributed by atoms with Gasteiger partial charge in [0, 0.05) is 11.1 Å². The van der Waals surface area contributed by atoms with Crippen LogP contribution in [0.1, 0.15) is 74.4 Å². The normalized spacial score (nSPS) is 11.0. The Morgan fingerprint density at radius 1 is 0.806 bits per heavy atom. The molecular weight excluding hydrogens is 388 g/mol. The average molecular weight is 425 g/mol. The Hall–Kier alpha value is -2.75. The molecule has 0 bridgehead atoms. The maximum Gasteiger partial charge on any atom is 0.185 e. The molecule has 0 aliphatic rings. The fourth-order valence-electron chi connectivity index (χ4n) is 2.93. The first kappa shape index (κ1) is 24.5. The molecule has 2 aromatic rings. The highest BCUT2D eigenvalue weighted by molar-refractivity contribution is 6.06. The summed E-state index contributed by atoms with van der Waals surface area (Å²) in [7, 11) is 0. The molecule has 0 atom stereocenters. The number of rotatable bonds is 14. The zero-order valence-corrected chi connectivity index (χ0v) is 19.4. The lowest BCUT2D eigenvalue weighted by Gasteiger charge is -2.15. The van der Waals surface area contributed by atoms with Crippen molar-refractivity contribution < 1.29 is 19.0 Å². The van der Waals surface area contributed by atoms with Gasteiger partial charge in [0.25, 0.3) is 0 Å². The van der Waals surface area contributed by atoms with E-state index >= 15 is 0 Å². The van der Waals surface area contributed by atoms with Crippen LogP contribution in [0, 0.1) is 6.92 Å². The number of benzene rings is 2. The highest BCUT2D eigenvalue weighted by Crippen LogP contribution is 2.31. The van der Waals surface area contributed by atoms with E-state index in [4.69, 9.17) is 14.2 Å². The van der Waals surface area contributed by atoms with Crippen LogP contribution in [0.3, 0.4) is 0 Å². The topological polar surface area (TPSA) is 44.8 Å². The van der Waals surface area contributed by atoms with Crippen LogP contribution in [-0.2, 0) is 0 Å². The maximum atomic E-state index is 12.6. The smallest absolute Gasteiger partial charge is 0.185 e. The fourth-order valence-corrected chi connectivity index (χ4v) is 2.93. The number of hydrogen-bond acceptors (Lipinski definition) is 4. The molecule has 2 rings (SSSR count). The van der Waals surface area contributed by atoms with Crippen LogP contribution in [0.5, 0.6) is 17.2 Å². The molecule has 0 spiro atoms. The number of carbonyl (C=O) groups is 1. The van der Waals surface area contributed by atoms with E-state index in [-0.39, 0.29) is 5.78 Å². The predicted octanol–water partition coefficient (Wildman–Crippen LogP) is 7.04. The van der Waals surface area contributed by atoms with Crippen LogP contribution in [0.4, 0.5) is 0 Å². The first-order chi connectivity index (χ1) is 15.1. The molecular formula is C27H36O4. The van der Waals surface area contributed by atoms with E-state index in [0.717, 1.165) is 60.5 Å². The third-order valence-electron chi connectivity index (χ3n) is 4.88. The van der Waals surface area contributed by atoms with Gasteiger partial charge in [-0.05, 0) is 74.2 Å². The number of hydrogen-bond donors (Lipinski definition) is 0. The summed E-state index contributed by atoms with van der Waals surface area (Å²) in [6.07, 6.45) is 8.53. The monoisotopic (exact) mass is 424 g/mol. The lowest BCUT2D eigenvalue weighted by molar-refractivity contribution is 0.104. The van der Waals surface area contributed by atoms with Crippen molar-refractivity contribution in [2.24, 2.45) is 0 Å². The minimum Gasteiger partial charge on any atom is -0.494 e. The Kier molecular flexibility index (Phi) is 10.7. The number of unbranched alkanes of at least 4 members (excludes halogenated alkanes) is 2. The molecule has 0 saturated carbocycles. The van der Waals surface area contributed by atoms with Gasteiger partial charge in [0.15, 0.2) is 5.78 Å². The molecule has 0 heterocycles. The molecule has 0 saturated heterocycles. The Morgan fingerprint density at radius 3 is 1.90 bits per heavy atom. The van der Waals surface area contributed by atoms with E-state index < -0.39 is 0 Å². The summed E-state index contributed by atoms with van der Waals surface area (Å²) < 4.78 is 17.6. The van der Waals surface area contributed by atoms with Gasteiger partial charge in [-0.1, -0.05) is 39.7 Å². The van der Waals surface area contributed by atoms with Crippen LogP contribution < -0.4 is 14.2 Å². The van der Waals surface area contributed by atoms with Gasteiger partial charge in [-0.15, -0.1) is 0 Å². The third-order valence-corrected chi connectivity index (χ3v) is 4.88. The summed E-state index contributed by atoms with van der Waals surface area (Å²) in [5.41, 5.74) is 2.52. The maximum absolute atomic E-state index is 12.6. The minimum atomic E-state index is -0.0514. The summed E-state index contributed by atoms with van der Waals surface area (Å²) in [4.78, 5) is 12.6. The summed E-state index contributed by atoms with van der Waals surface area (Å²) in [6.45, 7) is 10.4. The molecule has 0 N–H and O–H groups in total. The zero-order valence-electron chi connectivity index (χ0n) is 19.4. The van der Waals surface area contributed by atoms with Crippen LogP contribution in [-0.4, -0.2) is 25.6 Å². The van der Waals surface area contributed by atoms with Gasteiger partial charge >= 0.3 is 0 Å². The summed E-state index contributed by atoms with van der Waals surface area (Å²) in [5, 5.41) is 0. The van der Waals surface area contributed by atoms with E-state index in [1.807, 2.05) is 37.3 Å². The Bertz CT molecular complexity index is 806. The lowest BCUT2D eigenvalue weighted by atomic mass is 10.1. The van der Waals surface area contributed by atoms with Crippen molar-refractivity contribution in [2.75, 3.05) is 19.8 Å². The molecule has 0 amide bonds. The van der Waals surface area contributed by atoms with Crippen molar-refractivity contribution in [1.29, 1.82) is 0 Å². The summed E-state index contributed by atoms with van der Waals surface area (Å²) in [5.74, 6) is 2.35. The molecule has 0 unspecified atom stereocenters. The summed E-state index contributed by atoms with van der Waals surface area (Å²) in [6, 6.07) is 11.2. The zero-order chi connectivity index (χ0) is 22.5. The van der Waals surface area contributed by atoms with E-state index in [0.29, 0.717) is 25.4 Å². The number of ether oxygens (including phenoxy) is 3. The second-order valence-corrected chi connectivity index (χ2v) is 7.62. The molecule has 4 heteroatoms. The number of carbonyl (C=O) groups excluding carboxylic acids is 1. The Balaban J connectivity index is 2.16. The van der Waals surface area contributed by atoms with Gasteiger partial charge in [0.1, 0.15) is 17.2 Å². The van der Waals surface area contributed by atoms with Crippen LogP contribution in [0.25, 0.3) is 6.08 Å². The van der Waals surface area contributed by atoms with Crippen molar-refractivity contribution >= 4 is 11.9 Å². The van der Waals surface area contributed by atoms with Gasteiger partial charge < -0.3 is 14.2 Å². The molecule has 0 fully saturated rings. The van der Waals surface area contributed by atoms with Crippen LogP contribution >= 0.6 is 0 Å². The predicted molar refractivity (Wildman–Crippen MR) is 128 cm³/mol. The van der Waals surface area contributed by atoms with E-state index in [1.54, 1.807) is 18.2 Å². The van der Waals surface area contributed by atoms with Crippen molar-refractivity contribution in [2.45, 2.75) is 59.8 Å². The molecule has 2 aromatic carbocycles. The summed E-state index contributed by atoms with van der Waals surface area (Å²) >= 11 is 0. The highest BCUT2D eigenvalue weighted by Gasteiger charge is 2.10. The van der Waals surface area contributed by atoms with Crippen LogP contribution in [0.2, 0.25) is 0 Å². The molecule has 0 aromatic heterocycles. The molecule has 0 radical (unpaired) electrons. The molecule has 168 valence electrons. The van der Waals surface area contributed by atoms with Gasteiger partial charge in [-0.25, -0.2) is 0 Å². The Labute approximate surface area is 187 Å². The molecule has 4 nitrogen and oxygen atoms in total. The van der Waals surface area contributed by atoms with Crippen molar-refractivity contribution in [3.63, 3.8) is 0 Å². The number of ketones is 1. The fraction of sp³-hybridized carbons (Fsp3) is 0.444. The van der Waals surface area contributed by atoms with Crippen molar-refractivity contribution in [3.05, 3.63) is 59.2 Å². The van der Waals surface area contributed by atoms with E-state index in [1.165, 1.54) is 0 Å². The lowest BCUT2D eigenvalue weighted by Crippen LogP contribution is -2.03. The van der Waals surface area contributed by atoms with Gasteiger partial charge in [-0.3, -0.25) is 4.79 Å². The van der Waals surface area contributed by atoms with Crippen molar-refractivity contribution in [3.8, 4) is 17.2 Å². The largest absolute Gasteiger partial charge is 0.494 e. The second-order valence-electron chi connectivity index (χ2n) is 7.62. The average Bonchev–Trinajstić information content (AvgIpc) is 2.79. The first-order valence-corrected chi connectivity index (χ1v) is 11.4. The van der Waals surface area contributed by atoms with E-state index in [2.05, 4.69) is 20.8 Å².